The summed E-state index contributed by atoms with van der Waals surface area (Å²) in [5, 5.41) is 3.77. The molecule has 0 bridgehead atoms. The Morgan fingerprint density at radius 2 is 2.03 bits per heavy atom. The number of hydrogen-bond acceptors (Lipinski definition) is 5. The maximum atomic E-state index is 12.6. The lowest BCUT2D eigenvalue weighted by Crippen LogP contribution is -2.46. The van der Waals surface area contributed by atoms with Gasteiger partial charge in [-0.1, -0.05) is 18.2 Å². The van der Waals surface area contributed by atoms with E-state index in [1.165, 1.54) is 6.08 Å². The molecular formula is C23H24ClN3O4. The van der Waals surface area contributed by atoms with Crippen LogP contribution in [0.5, 0.6) is 5.75 Å². The number of hydrogen-bond donors (Lipinski definition) is 1. The second kappa shape index (κ2) is 8.43. The number of fused-ring (bicyclic) bond motifs is 2. The number of carbonyl (C=O) groups excluding carboxylic acids is 2. The second-order valence-corrected chi connectivity index (χ2v) is 7.86. The lowest BCUT2D eigenvalue weighted by molar-refractivity contribution is -0.129. The van der Waals surface area contributed by atoms with Crippen LogP contribution in [0.25, 0.3) is 17.0 Å². The molecule has 31 heavy (non-hydrogen) atoms. The number of furan rings is 1. The Kier molecular flexibility index (Phi) is 6.08. The summed E-state index contributed by atoms with van der Waals surface area (Å²) in [5.74, 6) is 1.20. The van der Waals surface area contributed by atoms with E-state index < -0.39 is 5.60 Å². The van der Waals surface area contributed by atoms with Crippen molar-refractivity contribution >= 4 is 47.1 Å². The first-order chi connectivity index (χ1) is 14.2. The predicted molar refractivity (Wildman–Crippen MR) is 121 cm³/mol. The zero-order valence-corrected chi connectivity index (χ0v) is 18.6. The number of pyridine rings is 1. The Labute approximate surface area is 186 Å². The van der Waals surface area contributed by atoms with Crippen LogP contribution in [0.1, 0.15) is 30.7 Å². The first kappa shape index (κ1) is 22.4. The molecule has 7 nitrogen and oxygen atoms in total. The number of benzene rings is 1. The summed E-state index contributed by atoms with van der Waals surface area (Å²) in [7, 11) is 1.73. The van der Waals surface area contributed by atoms with Crippen LogP contribution in [0, 0.1) is 6.92 Å². The van der Waals surface area contributed by atoms with Crippen molar-refractivity contribution in [2.45, 2.75) is 32.9 Å². The van der Waals surface area contributed by atoms with Crippen molar-refractivity contribution < 1.29 is 18.7 Å². The zero-order chi connectivity index (χ0) is 21.5. The molecule has 0 unspecified atom stereocenters. The zero-order valence-electron chi connectivity index (χ0n) is 17.8. The van der Waals surface area contributed by atoms with E-state index in [2.05, 4.69) is 10.3 Å². The third-order valence-corrected chi connectivity index (χ3v) is 5.14. The number of amides is 2. The minimum absolute atomic E-state index is 0. The van der Waals surface area contributed by atoms with Crippen LogP contribution in [-0.4, -0.2) is 34.3 Å². The molecular weight excluding hydrogens is 418 g/mol. The highest BCUT2D eigenvalue weighted by molar-refractivity contribution is 5.99. The summed E-state index contributed by atoms with van der Waals surface area (Å²) < 4.78 is 11.6. The third-order valence-electron chi connectivity index (χ3n) is 5.14. The van der Waals surface area contributed by atoms with Crippen LogP contribution < -0.4 is 10.1 Å². The number of nitrogens with one attached hydrogen (secondary N) is 1. The van der Waals surface area contributed by atoms with Crippen molar-refractivity contribution in [3.05, 3.63) is 59.5 Å². The summed E-state index contributed by atoms with van der Waals surface area (Å²) in [4.78, 5) is 30.3. The smallest absolute Gasteiger partial charge is 0.269 e. The number of likely N-dealkylation sites (N-methyl/N-ethyl adjacent to an activating group) is 1. The molecule has 1 aromatic carbocycles. The maximum absolute atomic E-state index is 12.6. The van der Waals surface area contributed by atoms with Gasteiger partial charge in [-0.15, -0.1) is 12.4 Å². The first-order valence-electron chi connectivity index (χ1n) is 9.65. The van der Waals surface area contributed by atoms with E-state index in [0.29, 0.717) is 23.7 Å². The van der Waals surface area contributed by atoms with Crippen LogP contribution in [0.3, 0.4) is 0 Å². The molecule has 0 radical (unpaired) electrons. The Bertz CT molecular complexity index is 1180. The fraction of sp³-hybridized carbons (Fsp3) is 0.261. The van der Waals surface area contributed by atoms with Crippen LogP contribution >= 0.6 is 12.4 Å². The second-order valence-electron chi connectivity index (χ2n) is 7.86. The molecule has 0 saturated carbocycles. The molecule has 0 spiro atoms. The number of carbonyl (C=O) groups is 2. The van der Waals surface area contributed by atoms with Gasteiger partial charge in [-0.25, -0.2) is 4.98 Å². The number of aryl methyl sites for hydroxylation is 1. The largest absolute Gasteiger partial charge is 0.474 e. The number of ether oxygens (including phenoxy) is 1. The normalized spacial score (nSPS) is 14.5. The number of anilines is 1. The monoisotopic (exact) mass is 441 g/mol. The summed E-state index contributed by atoms with van der Waals surface area (Å²) >= 11 is 0. The Hall–Kier alpha value is -3.32. The van der Waals surface area contributed by atoms with Gasteiger partial charge in [0.2, 0.25) is 5.91 Å². The highest BCUT2D eigenvalue weighted by Gasteiger charge is 2.36. The van der Waals surface area contributed by atoms with Gasteiger partial charge in [0.15, 0.2) is 17.2 Å². The molecule has 0 atom stereocenters. The number of rotatable bonds is 4. The van der Waals surface area contributed by atoms with Crippen molar-refractivity contribution in [3.63, 3.8) is 0 Å². The van der Waals surface area contributed by atoms with Crippen LogP contribution in [0.4, 0.5) is 5.82 Å². The van der Waals surface area contributed by atoms with Crippen LogP contribution in [0.15, 0.2) is 47.0 Å². The molecule has 2 amide bonds. The number of halogens is 1. The minimum atomic E-state index is -0.975. The van der Waals surface area contributed by atoms with Gasteiger partial charge < -0.3 is 19.4 Å². The lowest BCUT2D eigenvalue weighted by atomic mass is 10.1. The van der Waals surface area contributed by atoms with Gasteiger partial charge in [-0.2, -0.15) is 0 Å². The number of aromatic nitrogens is 1. The van der Waals surface area contributed by atoms with Gasteiger partial charge in [-0.05, 0) is 44.5 Å². The molecule has 1 aliphatic heterocycles. The molecule has 1 N–H and O–H groups in total. The fourth-order valence-electron chi connectivity index (χ4n) is 3.27. The van der Waals surface area contributed by atoms with Crippen molar-refractivity contribution in [1.82, 2.24) is 9.88 Å². The number of para-hydroxylation sites is 1. The van der Waals surface area contributed by atoms with Gasteiger partial charge in [0.05, 0.1) is 6.54 Å². The van der Waals surface area contributed by atoms with Crippen LogP contribution in [0.2, 0.25) is 0 Å². The van der Waals surface area contributed by atoms with Gasteiger partial charge in [0, 0.05) is 30.3 Å². The van der Waals surface area contributed by atoms with Crippen molar-refractivity contribution in [1.29, 1.82) is 0 Å². The van der Waals surface area contributed by atoms with Gasteiger partial charge in [0.25, 0.3) is 5.91 Å². The van der Waals surface area contributed by atoms with Gasteiger partial charge in [0.1, 0.15) is 11.3 Å². The van der Waals surface area contributed by atoms with Gasteiger partial charge >= 0.3 is 0 Å². The van der Waals surface area contributed by atoms with Crippen LogP contribution in [-0.2, 0) is 16.1 Å². The fourth-order valence-corrected chi connectivity index (χ4v) is 3.27. The summed E-state index contributed by atoms with van der Waals surface area (Å²) in [5.41, 5.74) is 1.58. The Morgan fingerprint density at radius 1 is 1.29 bits per heavy atom. The van der Waals surface area contributed by atoms with E-state index in [0.717, 1.165) is 22.3 Å². The Morgan fingerprint density at radius 3 is 2.77 bits per heavy atom. The summed E-state index contributed by atoms with van der Waals surface area (Å²) in [6.07, 6.45) is 4.73. The number of nitrogens with zero attached hydrogens (tertiary/aromatic N) is 2. The highest BCUT2D eigenvalue weighted by Crippen LogP contribution is 2.32. The molecule has 0 fully saturated rings. The Balaban J connectivity index is 0.00000272. The molecule has 2 aromatic heterocycles. The molecule has 8 heteroatoms. The SMILES string of the molecule is Cc1c(CN(C)C(=O)/C=C/c2cnc3c(c2)OC(C)(C)C(=O)N3)oc2ccccc12.Cl. The van der Waals surface area contributed by atoms with Crippen molar-refractivity contribution in [2.75, 3.05) is 12.4 Å². The standard InChI is InChI=1S/C23H23N3O4.ClH/c1-14-16-7-5-6-8-17(16)29-19(14)13-26(4)20(27)10-9-15-11-18-21(24-12-15)25-22(28)23(2,3)30-18;/h5-12H,13H2,1-4H3,(H,24,25,28);1H/b10-9+;. The average Bonchev–Trinajstić information content (AvgIpc) is 3.02. The predicted octanol–water partition coefficient (Wildman–Crippen LogP) is 4.34. The third kappa shape index (κ3) is 4.41. The van der Waals surface area contributed by atoms with E-state index in [1.54, 1.807) is 44.1 Å². The van der Waals surface area contributed by atoms with E-state index >= 15 is 0 Å². The van der Waals surface area contributed by atoms with E-state index in [4.69, 9.17) is 9.15 Å². The molecule has 1 aliphatic rings. The highest BCUT2D eigenvalue weighted by atomic mass is 35.5. The summed E-state index contributed by atoms with van der Waals surface area (Å²) in [6.45, 7) is 5.74. The maximum Gasteiger partial charge on any atom is 0.269 e. The molecule has 162 valence electrons. The average molecular weight is 442 g/mol. The minimum Gasteiger partial charge on any atom is -0.474 e. The quantitative estimate of drug-likeness (QED) is 0.609. The topological polar surface area (TPSA) is 84.7 Å². The molecule has 4 rings (SSSR count). The first-order valence-corrected chi connectivity index (χ1v) is 9.65. The molecule has 3 heterocycles. The van der Waals surface area contributed by atoms with E-state index in [9.17, 15) is 9.59 Å². The van der Waals surface area contributed by atoms with E-state index in [1.807, 2.05) is 31.2 Å². The van der Waals surface area contributed by atoms with Crippen molar-refractivity contribution in [2.24, 2.45) is 0 Å². The summed E-state index contributed by atoms with van der Waals surface area (Å²) in [6, 6.07) is 9.57. The van der Waals surface area contributed by atoms with Crippen molar-refractivity contribution in [3.8, 4) is 5.75 Å². The molecule has 3 aromatic rings. The lowest BCUT2D eigenvalue weighted by Gasteiger charge is -2.30. The molecule has 0 saturated heterocycles. The van der Waals surface area contributed by atoms with Gasteiger partial charge in [-0.3, -0.25) is 9.59 Å². The molecule has 0 aliphatic carbocycles. The van der Waals surface area contributed by atoms with E-state index in [-0.39, 0.29) is 24.2 Å².